The predicted octanol–water partition coefficient (Wildman–Crippen LogP) is 9.19. The zero-order chi connectivity index (χ0) is 38.1. The molecule has 6 aromatic heterocycles. The summed E-state index contributed by atoms with van der Waals surface area (Å²) < 4.78 is 8.02. The molecule has 0 amide bonds. The number of aromatic nitrogens is 6. The third-order valence-electron chi connectivity index (χ3n) is 8.13. The first-order valence-corrected chi connectivity index (χ1v) is 19.7. The van der Waals surface area contributed by atoms with Gasteiger partial charge in [0, 0.05) is 51.3 Å². The van der Waals surface area contributed by atoms with E-state index in [1.807, 2.05) is 118 Å². The summed E-state index contributed by atoms with van der Waals surface area (Å²) in [7, 11) is 0. The molecule has 0 N–H and O–H groups in total. The van der Waals surface area contributed by atoms with Crippen molar-refractivity contribution in [3.63, 3.8) is 0 Å². The predicted molar refractivity (Wildman–Crippen MR) is 221 cm³/mol. The van der Waals surface area contributed by atoms with Crippen molar-refractivity contribution in [2.75, 3.05) is 19.6 Å². The Hall–Kier alpha value is -4.27. The summed E-state index contributed by atoms with van der Waals surface area (Å²) in [4.78, 5) is 45.4. The number of nitrogens with zero attached hydrogens (tertiary/aromatic N) is 8. The molecule has 0 saturated heterocycles. The summed E-state index contributed by atoms with van der Waals surface area (Å²) in [6, 6.07) is 29.5. The molecular weight excluding hydrogens is 876 g/mol. The first kappa shape index (κ1) is 39.4. The van der Waals surface area contributed by atoms with Gasteiger partial charge in [0.25, 0.3) is 0 Å². The molecule has 0 aliphatic heterocycles. The molecule has 10 nitrogen and oxygen atoms in total. The van der Waals surface area contributed by atoms with Crippen molar-refractivity contribution in [1.82, 2.24) is 39.7 Å². The lowest BCUT2D eigenvalue weighted by molar-refractivity contribution is -0.156. The Morgan fingerprint density at radius 2 is 0.907 bits per heavy atom. The minimum Gasteiger partial charge on any atom is -0.459 e. The van der Waals surface area contributed by atoms with E-state index in [9.17, 15) is 4.79 Å². The monoisotopic (exact) mass is 912 g/mol. The molecule has 0 aromatic carbocycles. The zero-order valence-electron chi connectivity index (χ0n) is 30.2. The van der Waals surface area contributed by atoms with E-state index in [1.54, 1.807) is 0 Å². The molecule has 6 rings (SSSR count). The van der Waals surface area contributed by atoms with Gasteiger partial charge in [-0.25, -0.2) is 15.0 Å². The first-order valence-electron chi connectivity index (χ1n) is 17.4. The van der Waals surface area contributed by atoms with Gasteiger partial charge in [-0.2, -0.15) is 0 Å². The van der Waals surface area contributed by atoms with E-state index in [1.165, 1.54) is 0 Å². The van der Waals surface area contributed by atoms with Crippen molar-refractivity contribution in [3.05, 3.63) is 140 Å². The Balaban J connectivity index is 1.21. The van der Waals surface area contributed by atoms with E-state index in [2.05, 4.69) is 84.7 Å². The highest BCUT2D eigenvalue weighted by atomic mass is 79.9. The van der Waals surface area contributed by atoms with Crippen LogP contribution in [0.5, 0.6) is 0 Å². The van der Waals surface area contributed by atoms with Gasteiger partial charge in [-0.15, -0.1) is 0 Å². The second-order valence-electron chi connectivity index (χ2n) is 13.7. The number of carbonyl (C=O) groups excluding carboxylic acids is 1. The normalized spacial score (nSPS) is 11.6. The van der Waals surface area contributed by atoms with E-state index in [-0.39, 0.29) is 12.5 Å². The van der Waals surface area contributed by atoms with E-state index < -0.39 is 5.60 Å². The third kappa shape index (κ3) is 11.9. The molecule has 0 atom stereocenters. The highest BCUT2D eigenvalue weighted by Gasteiger charge is 2.21. The van der Waals surface area contributed by atoms with E-state index in [4.69, 9.17) is 19.7 Å². The van der Waals surface area contributed by atoms with Gasteiger partial charge in [-0.05, 0) is 140 Å². The molecule has 0 spiro atoms. The van der Waals surface area contributed by atoms with Crippen LogP contribution in [0.25, 0.3) is 34.2 Å². The number of ether oxygens (including phenoxy) is 1. The largest absolute Gasteiger partial charge is 0.459 e. The summed E-state index contributed by atoms with van der Waals surface area (Å²) >= 11 is 10.4. The van der Waals surface area contributed by atoms with Gasteiger partial charge in [0.15, 0.2) is 0 Å². The van der Waals surface area contributed by atoms with Crippen LogP contribution < -0.4 is 0 Å². The second kappa shape index (κ2) is 18.4. The molecule has 54 heavy (non-hydrogen) atoms. The molecule has 0 fully saturated rings. The smallest absolute Gasteiger partial charge is 0.320 e. The van der Waals surface area contributed by atoms with Crippen LogP contribution in [0.2, 0.25) is 0 Å². The molecule has 13 heteroatoms. The molecule has 0 radical (unpaired) electrons. The van der Waals surface area contributed by atoms with Crippen LogP contribution in [0.4, 0.5) is 0 Å². The fourth-order valence-electron chi connectivity index (χ4n) is 5.70. The van der Waals surface area contributed by atoms with Gasteiger partial charge in [0.2, 0.25) is 0 Å². The summed E-state index contributed by atoms with van der Waals surface area (Å²) in [5.74, 6) is -0.279. The molecule has 276 valence electrons. The maximum Gasteiger partial charge on any atom is 0.320 e. The summed E-state index contributed by atoms with van der Waals surface area (Å²) in [6.07, 6.45) is 5.65. The van der Waals surface area contributed by atoms with Crippen molar-refractivity contribution in [3.8, 4) is 34.2 Å². The van der Waals surface area contributed by atoms with Gasteiger partial charge >= 0.3 is 5.97 Å². The number of carbonyl (C=O) groups is 1. The van der Waals surface area contributed by atoms with Crippen molar-refractivity contribution in [2.24, 2.45) is 0 Å². The number of rotatable bonds is 14. The molecule has 0 unspecified atom stereocenters. The highest BCUT2D eigenvalue weighted by Crippen LogP contribution is 2.22. The standard InChI is InChI=1S/C41H39Br3N8O2/c1-41(2,3)54-40(53)27-52(26-30-15-18-33(47-23-30)36-9-6-12-39(44)50-36)20-19-51(24-28-13-16-31(45-21-28)34-7-4-10-37(42)48-34)25-29-14-17-32(46-22-29)35-8-5-11-38(43)49-35/h4-18,21-23H,19-20,24-27H2,1-3H3. The highest BCUT2D eigenvalue weighted by molar-refractivity contribution is 9.11. The quantitative estimate of drug-likeness (QED) is 0.0776. The number of halogens is 3. The Bertz CT molecular complexity index is 2070. The Kier molecular flexibility index (Phi) is 13.4. The van der Waals surface area contributed by atoms with Crippen LogP contribution in [0.1, 0.15) is 37.5 Å². The molecule has 6 aromatic rings. The van der Waals surface area contributed by atoms with Crippen LogP contribution in [-0.4, -0.2) is 70.9 Å². The maximum absolute atomic E-state index is 13.2. The summed E-state index contributed by atoms with van der Waals surface area (Å²) in [5.41, 5.74) is 7.23. The average Bonchev–Trinajstić information content (AvgIpc) is 3.14. The molecule has 0 aliphatic rings. The number of hydrogen-bond donors (Lipinski definition) is 0. The van der Waals surface area contributed by atoms with Crippen molar-refractivity contribution in [1.29, 1.82) is 0 Å². The second-order valence-corrected chi connectivity index (χ2v) is 16.1. The van der Waals surface area contributed by atoms with Gasteiger partial charge in [-0.3, -0.25) is 29.5 Å². The summed E-state index contributed by atoms with van der Waals surface area (Å²) in [5, 5.41) is 0. The minimum atomic E-state index is -0.593. The fraction of sp³-hybridized carbons (Fsp3) is 0.244. The topological polar surface area (TPSA) is 110 Å². The first-order chi connectivity index (χ1) is 26.0. The maximum atomic E-state index is 13.2. The summed E-state index contributed by atoms with van der Waals surface area (Å²) in [6.45, 7) is 8.79. The van der Waals surface area contributed by atoms with E-state index in [0.29, 0.717) is 32.7 Å². The lowest BCUT2D eigenvalue weighted by Gasteiger charge is -2.28. The number of esters is 1. The minimum absolute atomic E-state index is 0.131. The van der Waals surface area contributed by atoms with Crippen LogP contribution in [0, 0.1) is 0 Å². The lowest BCUT2D eigenvalue weighted by atomic mass is 10.1. The van der Waals surface area contributed by atoms with Gasteiger partial charge in [-0.1, -0.05) is 36.4 Å². The Morgan fingerprint density at radius 1 is 0.537 bits per heavy atom. The zero-order valence-corrected chi connectivity index (χ0v) is 34.9. The molecule has 0 aliphatic carbocycles. The SMILES string of the molecule is CC(C)(C)OC(=O)CN(CCN(Cc1ccc(-c2cccc(Br)n2)nc1)Cc1ccc(-c2cccc(Br)n2)nc1)Cc1ccc(-c2cccc(Br)n2)nc1. The van der Waals surface area contributed by atoms with Crippen molar-refractivity contribution >= 4 is 53.8 Å². The molecule has 0 saturated carbocycles. The van der Waals surface area contributed by atoms with Crippen LogP contribution in [-0.2, 0) is 29.2 Å². The average molecular weight is 916 g/mol. The van der Waals surface area contributed by atoms with Gasteiger partial charge < -0.3 is 4.74 Å². The molecule has 0 bridgehead atoms. The van der Waals surface area contributed by atoms with Crippen molar-refractivity contribution < 1.29 is 9.53 Å². The van der Waals surface area contributed by atoms with Gasteiger partial charge in [0.05, 0.1) is 40.7 Å². The Labute approximate surface area is 340 Å². The molecular formula is C41H39Br3N8O2. The molecule has 6 heterocycles. The van der Waals surface area contributed by atoms with Crippen LogP contribution in [0.15, 0.2) is 123 Å². The number of hydrogen-bond acceptors (Lipinski definition) is 10. The lowest BCUT2D eigenvalue weighted by Crippen LogP contribution is -2.39. The van der Waals surface area contributed by atoms with E-state index >= 15 is 0 Å². The van der Waals surface area contributed by atoms with Crippen LogP contribution in [0.3, 0.4) is 0 Å². The van der Waals surface area contributed by atoms with Crippen LogP contribution >= 0.6 is 47.8 Å². The third-order valence-corrected chi connectivity index (χ3v) is 9.46. The number of pyridine rings is 6. The van der Waals surface area contributed by atoms with E-state index in [0.717, 1.165) is 64.7 Å². The Morgan fingerprint density at radius 3 is 1.24 bits per heavy atom. The van der Waals surface area contributed by atoms with Gasteiger partial charge in [0.1, 0.15) is 19.4 Å². The fourth-order valence-corrected chi connectivity index (χ4v) is 6.73. The van der Waals surface area contributed by atoms with Crippen molar-refractivity contribution in [2.45, 2.75) is 46.0 Å².